The van der Waals surface area contributed by atoms with Crippen LogP contribution in [0.1, 0.15) is 19.0 Å². The topological polar surface area (TPSA) is 93.8 Å². The maximum Gasteiger partial charge on any atom is 0.306 e. The summed E-state index contributed by atoms with van der Waals surface area (Å²) in [5, 5.41) is 20.4. The van der Waals surface area contributed by atoms with Gasteiger partial charge in [-0.2, -0.15) is 0 Å². The number of aryl methyl sites for hydroxylation is 2. The van der Waals surface area contributed by atoms with Crippen LogP contribution in [0.25, 0.3) is 11.4 Å². The molecule has 1 unspecified atom stereocenters. The zero-order chi connectivity index (χ0) is 13.8. The van der Waals surface area contributed by atoms with Crippen molar-refractivity contribution in [3.05, 3.63) is 24.0 Å². The van der Waals surface area contributed by atoms with Crippen LogP contribution in [0.15, 0.2) is 18.3 Å². The molecule has 0 saturated carbocycles. The van der Waals surface area contributed by atoms with E-state index in [4.69, 9.17) is 5.11 Å². The standard InChI is InChI=1S/C12H15N5O2/c1-8(12(18)19)4-6-17-11(14-15-16-17)10-3-5-13-9(2)7-10/h3,5,7-8H,4,6H2,1-2H3,(H,18,19). The number of carbonyl (C=O) groups is 1. The summed E-state index contributed by atoms with van der Waals surface area (Å²) in [5.41, 5.74) is 1.76. The Balaban J connectivity index is 2.16. The Morgan fingerprint density at radius 3 is 3.00 bits per heavy atom. The van der Waals surface area contributed by atoms with E-state index in [-0.39, 0.29) is 0 Å². The summed E-state index contributed by atoms with van der Waals surface area (Å²) in [7, 11) is 0. The molecule has 2 heterocycles. The Labute approximate surface area is 110 Å². The van der Waals surface area contributed by atoms with Gasteiger partial charge in [0.25, 0.3) is 0 Å². The molecule has 0 aromatic carbocycles. The number of aliphatic carboxylic acids is 1. The summed E-state index contributed by atoms with van der Waals surface area (Å²) in [6.07, 6.45) is 2.18. The average molecular weight is 261 g/mol. The first-order valence-electron chi connectivity index (χ1n) is 6.00. The Hall–Kier alpha value is -2.31. The molecule has 0 aliphatic heterocycles. The summed E-state index contributed by atoms with van der Waals surface area (Å²) in [6, 6.07) is 3.72. The monoisotopic (exact) mass is 261 g/mol. The lowest BCUT2D eigenvalue weighted by Crippen LogP contribution is -2.14. The fourth-order valence-corrected chi connectivity index (χ4v) is 1.69. The number of carboxylic acids is 1. The van der Waals surface area contributed by atoms with Crippen LogP contribution in [0.4, 0.5) is 0 Å². The summed E-state index contributed by atoms with van der Waals surface area (Å²) in [6.45, 7) is 4.03. The van der Waals surface area contributed by atoms with Gasteiger partial charge < -0.3 is 5.11 Å². The van der Waals surface area contributed by atoms with E-state index in [2.05, 4.69) is 20.5 Å². The van der Waals surface area contributed by atoms with Gasteiger partial charge in [-0.15, -0.1) is 5.10 Å². The molecule has 1 N–H and O–H groups in total. The van der Waals surface area contributed by atoms with Gasteiger partial charge in [0.2, 0.25) is 0 Å². The minimum absolute atomic E-state index is 0.420. The first kappa shape index (κ1) is 13.1. The van der Waals surface area contributed by atoms with Crippen molar-refractivity contribution in [2.24, 2.45) is 5.92 Å². The largest absolute Gasteiger partial charge is 0.481 e. The second kappa shape index (κ2) is 5.55. The molecule has 0 spiro atoms. The van der Waals surface area contributed by atoms with Gasteiger partial charge in [0.1, 0.15) is 0 Å². The maximum atomic E-state index is 10.8. The van der Waals surface area contributed by atoms with Crippen LogP contribution < -0.4 is 0 Å². The van der Waals surface area contributed by atoms with Crippen LogP contribution in [0.5, 0.6) is 0 Å². The lowest BCUT2D eigenvalue weighted by molar-refractivity contribution is -0.141. The highest BCUT2D eigenvalue weighted by Gasteiger charge is 2.14. The van der Waals surface area contributed by atoms with Crippen LogP contribution in [0, 0.1) is 12.8 Å². The fraction of sp³-hybridized carbons (Fsp3) is 0.417. The van der Waals surface area contributed by atoms with E-state index in [1.165, 1.54) is 0 Å². The van der Waals surface area contributed by atoms with Crippen LogP contribution in [0.2, 0.25) is 0 Å². The van der Waals surface area contributed by atoms with Gasteiger partial charge in [-0.3, -0.25) is 9.78 Å². The molecule has 2 aromatic rings. The molecule has 1 atom stereocenters. The third kappa shape index (κ3) is 3.12. The molecule has 0 radical (unpaired) electrons. The van der Waals surface area contributed by atoms with Crippen molar-refractivity contribution in [1.82, 2.24) is 25.2 Å². The Morgan fingerprint density at radius 1 is 1.53 bits per heavy atom. The molecule has 0 bridgehead atoms. The van der Waals surface area contributed by atoms with Crippen LogP contribution in [-0.4, -0.2) is 36.3 Å². The molecule has 0 amide bonds. The first-order valence-corrected chi connectivity index (χ1v) is 6.00. The number of pyridine rings is 1. The third-order valence-corrected chi connectivity index (χ3v) is 2.88. The molecule has 100 valence electrons. The first-order chi connectivity index (χ1) is 9.08. The summed E-state index contributed by atoms with van der Waals surface area (Å²) in [5.74, 6) is -0.603. The van der Waals surface area contributed by atoms with E-state index < -0.39 is 11.9 Å². The van der Waals surface area contributed by atoms with Gasteiger partial charge in [0, 0.05) is 24.0 Å². The quantitative estimate of drug-likeness (QED) is 0.867. The van der Waals surface area contributed by atoms with E-state index in [1.54, 1.807) is 17.8 Å². The molecule has 7 heteroatoms. The molecule has 0 saturated heterocycles. The second-order valence-corrected chi connectivity index (χ2v) is 4.44. The van der Waals surface area contributed by atoms with Crippen molar-refractivity contribution in [2.45, 2.75) is 26.8 Å². The number of hydrogen-bond donors (Lipinski definition) is 1. The lowest BCUT2D eigenvalue weighted by atomic mass is 10.1. The van der Waals surface area contributed by atoms with Gasteiger partial charge in [-0.25, -0.2) is 4.68 Å². The average Bonchev–Trinajstić information content (AvgIpc) is 2.84. The Bertz CT molecular complexity index is 581. The van der Waals surface area contributed by atoms with Crippen molar-refractivity contribution in [3.8, 4) is 11.4 Å². The minimum atomic E-state index is -0.811. The SMILES string of the molecule is Cc1cc(-c2nnnn2CCC(C)C(=O)O)ccn1. The van der Waals surface area contributed by atoms with Gasteiger partial charge >= 0.3 is 5.97 Å². The molecule has 0 aliphatic carbocycles. The van der Waals surface area contributed by atoms with Crippen LogP contribution >= 0.6 is 0 Å². The van der Waals surface area contributed by atoms with E-state index >= 15 is 0 Å². The van der Waals surface area contributed by atoms with Gasteiger partial charge in [-0.1, -0.05) is 6.92 Å². The summed E-state index contributed by atoms with van der Waals surface area (Å²) >= 11 is 0. The zero-order valence-corrected chi connectivity index (χ0v) is 10.8. The van der Waals surface area contributed by atoms with Crippen LogP contribution in [0.3, 0.4) is 0 Å². The Kier molecular flexibility index (Phi) is 3.84. The molecular formula is C12H15N5O2. The number of hydrogen-bond acceptors (Lipinski definition) is 5. The predicted octanol–water partition coefficient (Wildman–Crippen LogP) is 1.15. The lowest BCUT2D eigenvalue weighted by Gasteiger charge is -2.07. The van der Waals surface area contributed by atoms with E-state index in [9.17, 15) is 4.79 Å². The highest BCUT2D eigenvalue weighted by molar-refractivity contribution is 5.69. The third-order valence-electron chi connectivity index (χ3n) is 2.88. The highest BCUT2D eigenvalue weighted by atomic mass is 16.4. The number of tetrazole rings is 1. The summed E-state index contributed by atoms with van der Waals surface area (Å²) < 4.78 is 1.62. The molecule has 2 rings (SSSR count). The van der Waals surface area contributed by atoms with Crippen molar-refractivity contribution < 1.29 is 9.90 Å². The molecule has 0 aliphatic rings. The summed E-state index contributed by atoms with van der Waals surface area (Å²) in [4.78, 5) is 14.9. The van der Waals surface area contributed by atoms with Crippen molar-refractivity contribution in [2.75, 3.05) is 0 Å². The van der Waals surface area contributed by atoms with Crippen molar-refractivity contribution in [1.29, 1.82) is 0 Å². The van der Waals surface area contributed by atoms with Crippen LogP contribution in [-0.2, 0) is 11.3 Å². The number of rotatable bonds is 5. The molecule has 19 heavy (non-hydrogen) atoms. The smallest absolute Gasteiger partial charge is 0.306 e. The highest BCUT2D eigenvalue weighted by Crippen LogP contribution is 2.16. The zero-order valence-electron chi connectivity index (χ0n) is 10.8. The second-order valence-electron chi connectivity index (χ2n) is 4.44. The molecular weight excluding hydrogens is 246 g/mol. The van der Waals surface area contributed by atoms with E-state index in [0.717, 1.165) is 11.3 Å². The van der Waals surface area contributed by atoms with Gasteiger partial charge in [0.05, 0.1) is 5.92 Å². The number of aromatic nitrogens is 5. The van der Waals surface area contributed by atoms with Gasteiger partial charge in [0.15, 0.2) is 5.82 Å². The maximum absolute atomic E-state index is 10.8. The predicted molar refractivity (Wildman–Crippen MR) is 67.2 cm³/mol. The Morgan fingerprint density at radius 2 is 2.32 bits per heavy atom. The van der Waals surface area contributed by atoms with E-state index in [1.807, 2.05) is 19.1 Å². The van der Waals surface area contributed by atoms with Gasteiger partial charge in [-0.05, 0) is 35.9 Å². The normalized spacial score (nSPS) is 12.3. The number of carboxylic acid groups (broad SMARTS) is 1. The molecule has 2 aromatic heterocycles. The van der Waals surface area contributed by atoms with E-state index in [0.29, 0.717) is 18.8 Å². The molecule has 7 nitrogen and oxygen atoms in total. The fourth-order valence-electron chi connectivity index (χ4n) is 1.69. The minimum Gasteiger partial charge on any atom is -0.481 e. The van der Waals surface area contributed by atoms with Crippen molar-refractivity contribution in [3.63, 3.8) is 0 Å². The number of nitrogens with zero attached hydrogens (tertiary/aromatic N) is 5. The van der Waals surface area contributed by atoms with Crippen molar-refractivity contribution >= 4 is 5.97 Å². The molecule has 0 fully saturated rings.